The van der Waals surface area contributed by atoms with E-state index in [1.807, 2.05) is 30.3 Å². The minimum atomic E-state index is -4.48. The number of nitrogens with zero attached hydrogens (tertiary/aromatic N) is 3. The van der Waals surface area contributed by atoms with E-state index in [1.54, 1.807) is 4.57 Å². The first-order valence-corrected chi connectivity index (χ1v) is 8.70. The highest BCUT2D eigenvalue weighted by Crippen LogP contribution is 2.34. The van der Waals surface area contributed by atoms with Crippen LogP contribution >= 0.6 is 35.6 Å². The summed E-state index contributed by atoms with van der Waals surface area (Å²) in [5, 5.41) is 7.12. The molecular weight excluding hydrogens is 393 g/mol. The molecule has 0 unspecified atom stereocenters. The first-order chi connectivity index (χ1) is 11.9. The van der Waals surface area contributed by atoms with Gasteiger partial charge in [0.25, 0.3) is 0 Å². The van der Waals surface area contributed by atoms with Gasteiger partial charge in [0.1, 0.15) is 10.9 Å². The van der Waals surface area contributed by atoms with Gasteiger partial charge in [-0.15, -0.1) is 0 Å². The van der Waals surface area contributed by atoms with Gasteiger partial charge in [0.2, 0.25) is 0 Å². The highest BCUT2D eigenvalue weighted by Gasteiger charge is 2.31. The molecule has 130 valence electrons. The quantitative estimate of drug-likeness (QED) is 0.476. The Hall–Kier alpha value is -1.84. The van der Waals surface area contributed by atoms with Crippen molar-refractivity contribution in [2.45, 2.75) is 17.0 Å². The Bertz CT molecular complexity index is 938. The maximum atomic E-state index is 12.7. The third-order valence-corrected chi connectivity index (χ3v) is 4.90. The second kappa shape index (κ2) is 7.19. The number of H-pyrrole nitrogens is 1. The SMILES string of the molecule is FC(F)(F)c1cnc(SCc2n[nH]c(=S)n2-c2ccccc2)c(Cl)c1. The molecule has 2 heterocycles. The summed E-state index contributed by atoms with van der Waals surface area (Å²) in [6.07, 6.45) is -3.71. The Kier molecular flexibility index (Phi) is 5.16. The number of aromatic amines is 1. The Balaban J connectivity index is 1.83. The molecule has 0 bridgehead atoms. The number of thioether (sulfide) groups is 1. The number of halogens is 4. The summed E-state index contributed by atoms with van der Waals surface area (Å²) in [4.78, 5) is 3.81. The lowest BCUT2D eigenvalue weighted by molar-refractivity contribution is -0.137. The van der Waals surface area contributed by atoms with Crippen LogP contribution in [0, 0.1) is 4.77 Å². The summed E-state index contributed by atoms with van der Waals surface area (Å²) < 4.78 is 40.2. The molecule has 1 N–H and O–H groups in total. The molecule has 0 saturated heterocycles. The van der Waals surface area contributed by atoms with Crippen molar-refractivity contribution in [1.82, 2.24) is 19.7 Å². The average Bonchev–Trinajstić information content (AvgIpc) is 2.94. The summed E-state index contributed by atoms with van der Waals surface area (Å²) >= 11 is 12.3. The summed E-state index contributed by atoms with van der Waals surface area (Å²) in [5.41, 5.74) is -0.0443. The zero-order valence-corrected chi connectivity index (χ0v) is 14.8. The van der Waals surface area contributed by atoms with E-state index >= 15 is 0 Å². The molecule has 0 aliphatic rings. The Labute approximate surface area is 155 Å². The highest BCUT2D eigenvalue weighted by atomic mass is 35.5. The van der Waals surface area contributed by atoms with Crippen molar-refractivity contribution in [1.29, 1.82) is 0 Å². The Morgan fingerprint density at radius 1 is 1.24 bits per heavy atom. The number of alkyl halides is 3. The van der Waals surface area contributed by atoms with Gasteiger partial charge in [-0.3, -0.25) is 9.67 Å². The van der Waals surface area contributed by atoms with E-state index in [0.29, 0.717) is 21.4 Å². The van der Waals surface area contributed by atoms with Gasteiger partial charge in [-0.25, -0.2) is 4.98 Å². The maximum Gasteiger partial charge on any atom is 0.417 e. The molecule has 2 aromatic heterocycles. The van der Waals surface area contributed by atoms with Crippen LogP contribution in [0.4, 0.5) is 13.2 Å². The zero-order chi connectivity index (χ0) is 18.0. The molecule has 25 heavy (non-hydrogen) atoms. The predicted octanol–water partition coefficient (Wildman–Crippen LogP) is 5.29. The molecule has 0 amide bonds. The van der Waals surface area contributed by atoms with E-state index < -0.39 is 11.7 Å². The fourth-order valence-corrected chi connectivity index (χ4v) is 3.46. The van der Waals surface area contributed by atoms with Gasteiger partial charge in [0.15, 0.2) is 4.77 Å². The van der Waals surface area contributed by atoms with E-state index in [9.17, 15) is 13.2 Å². The van der Waals surface area contributed by atoms with Crippen molar-refractivity contribution in [3.63, 3.8) is 0 Å². The van der Waals surface area contributed by atoms with E-state index in [4.69, 9.17) is 23.8 Å². The van der Waals surface area contributed by atoms with Crippen LogP contribution < -0.4 is 0 Å². The van der Waals surface area contributed by atoms with E-state index in [0.717, 1.165) is 18.0 Å². The summed E-state index contributed by atoms with van der Waals surface area (Å²) in [6.45, 7) is 0. The average molecular weight is 403 g/mol. The molecule has 0 saturated carbocycles. The smallest absolute Gasteiger partial charge is 0.271 e. The molecule has 3 rings (SSSR count). The van der Waals surface area contributed by atoms with Gasteiger partial charge in [-0.1, -0.05) is 41.6 Å². The molecule has 0 spiro atoms. The van der Waals surface area contributed by atoms with Crippen molar-refractivity contribution < 1.29 is 13.2 Å². The molecule has 0 radical (unpaired) electrons. The van der Waals surface area contributed by atoms with Crippen molar-refractivity contribution in [3.8, 4) is 5.69 Å². The molecule has 10 heteroatoms. The third-order valence-electron chi connectivity index (χ3n) is 3.23. The lowest BCUT2D eigenvalue weighted by Gasteiger charge is -2.09. The van der Waals surface area contributed by atoms with Crippen molar-refractivity contribution >= 4 is 35.6 Å². The van der Waals surface area contributed by atoms with Gasteiger partial charge in [0.05, 0.1) is 16.3 Å². The van der Waals surface area contributed by atoms with E-state index in [-0.39, 0.29) is 5.02 Å². The summed E-state index contributed by atoms with van der Waals surface area (Å²) in [5.74, 6) is 0.944. The third kappa shape index (κ3) is 4.05. The number of aromatic nitrogens is 4. The molecule has 0 atom stereocenters. The predicted molar refractivity (Wildman–Crippen MR) is 92.6 cm³/mol. The maximum absolute atomic E-state index is 12.7. The second-order valence-electron chi connectivity index (χ2n) is 4.91. The van der Waals surface area contributed by atoms with Crippen LogP contribution in [0.25, 0.3) is 5.69 Å². The Morgan fingerprint density at radius 3 is 2.60 bits per heavy atom. The van der Waals surface area contributed by atoms with Crippen LogP contribution in [-0.4, -0.2) is 19.7 Å². The van der Waals surface area contributed by atoms with Crippen molar-refractivity contribution in [2.75, 3.05) is 0 Å². The van der Waals surface area contributed by atoms with Crippen LogP contribution in [0.1, 0.15) is 11.4 Å². The van der Waals surface area contributed by atoms with Crippen LogP contribution in [0.2, 0.25) is 5.02 Å². The summed E-state index contributed by atoms with van der Waals surface area (Å²) in [6, 6.07) is 10.2. The molecular formula is C15H10ClF3N4S2. The molecule has 1 aromatic carbocycles. The molecule has 0 fully saturated rings. The monoisotopic (exact) mass is 402 g/mol. The van der Waals surface area contributed by atoms with Gasteiger partial charge in [-0.2, -0.15) is 18.3 Å². The van der Waals surface area contributed by atoms with Crippen LogP contribution in [0.3, 0.4) is 0 Å². The lowest BCUT2D eigenvalue weighted by atomic mass is 10.3. The number of nitrogens with one attached hydrogen (secondary N) is 1. The minimum absolute atomic E-state index is 0.0554. The topological polar surface area (TPSA) is 46.5 Å². The molecule has 0 aliphatic heterocycles. The minimum Gasteiger partial charge on any atom is -0.271 e. The summed E-state index contributed by atoms with van der Waals surface area (Å²) in [7, 11) is 0. The fourth-order valence-electron chi connectivity index (χ4n) is 2.09. The Morgan fingerprint density at radius 2 is 1.96 bits per heavy atom. The first-order valence-electron chi connectivity index (χ1n) is 6.93. The van der Waals surface area contributed by atoms with Gasteiger partial charge in [0, 0.05) is 11.9 Å². The lowest BCUT2D eigenvalue weighted by Crippen LogP contribution is -2.06. The molecule has 0 aliphatic carbocycles. The van der Waals surface area contributed by atoms with Crippen LogP contribution in [0.15, 0.2) is 47.6 Å². The van der Waals surface area contributed by atoms with Gasteiger partial charge >= 0.3 is 6.18 Å². The van der Waals surface area contributed by atoms with Crippen molar-refractivity contribution in [3.05, 3.63) is 63.8 Å². The normalized spacial score (nSPS) is 11.7. The first kappa shape index (κ1) is 18.0. The number of hydrogen-bond donors (Lipinski definition) is 1. The highest BCUT2D eigenvalue weighted by molar-refractivity contribution is 7.98. The largest absolute Gasteiger partial charge is 0.417 e. The van der Waals surface area contributed by atoms with Crippen LogP contribution in [0.5, 0.6) is 0 Å². The van der Waals surface area contributed by atoms with Gasteiger partial charge < -0.3 is 0 Å². The second-order valence-corrected chi connectivity index (χ2v) is 6.67. The number of hydrogen-bond acceptors (Lipinski definition) is 4. The van der Waals surface area contributed by atoms with Gasteiger partial charge in [-0.05, 0) is 30.4 Å². The molecule has 4 nitrogen and oxygen atoms in total. The number of rotatable bonds is 4. The van der Waals surface area contributed by atoms with E-state index in [1.165, 1.54) is 11.8 Å². The zero-order valence-electron chi connectivity index (χ0n) is 12.4. The standard InChI is InChI=1S/C15H10ClF3N4S2/c16-11-6-9(15(17,18)19)7-20-13(11)25-8-12-21-22-14(24)23(12)10-4-2-1-3-5-10/h1-7H,8H2,(H,22,24). The number of pyridine rings is 1. The fraction of sp³-hybridized carbons (Fsp3) is 0.133. The number of para-hydroxylation sites is 1. The number of benzene rings is 1. The van der Waals surface area contributed by atoms with E-state index in [2.05, 4.69) is 15.2 Å². The van der Waals surface area contributed by atoms with Crippen molar-refractivity contribution in [2.24, 2.45) is 0 Å². The van der Waals surface area contributed by atoms with Crippen LogP contribution in [-0.2, 0) is 11.9 Å². The molecule has 3 aromatic rings.